The van der Waals surface area contributed by atoms with Gasteiger partial charge in [0, 0.05) is 32.6 Å². The van der Waals surface area contributed by atoms with Gasteiger partial charge in [-0.3, -0.25) is 4.90 Å². The average Bonchev–Trinajstić information content (AvgIpc) is 3.23. The summed E-state index contributed by atoms with van der Waals surface area (Å²) in [6.45, 7) is 10.5. The van der Waals surface area contributed by atoms with Crippen LogP contribution in [0.15, 0.2) is 24.3 Å². The number of benzene rings is 1. The number of hydrogen-bond acceptors (Lipinski definition) is 6. The monoisotopic (exact) mass is 399 g/mol. The van der Waals surface area contributed by atoms with E-state index >= 15 is 0 Å². The maximum atomic E-state index is 11.0. The molecule has 0 bridgehead atoms. The molecule has 0 saturated carbocycles. The third-order valence-electron chi connectivity index (χ3n) is 5.63. The Hall–Kier alpha value is -1.96. The zero-order valence-corrected chi connectivity index (χ0v) is 17.9. The summed E-state index contributed by atoms with van der Waals surface area (Å²) >= 11 is 1.55. The van der Waals surface area contributed by atoms with Crippen molar-refractivity contribution in [1.29, 1.82) is 0 Å². The molecule has 0 aliphatic carbocycles. The molecule has 150 valence electrons. The van der Waals surface area contributed by atoms with E-state index in [2.05, 4.69) is 65.0 Å². The van der Waals surface area contributed by atoms with Crippen molar-refractivity contribution in [2.75, 3.05) is 33.2 Å². The van der Waals surface area contributed by atoms with E-state index in [1.807, 2.05) is 6.92 Å². The van der Waals surface area contributed by atoms with Crippen LogP contribution in [0.4, 0.5) is 0 Å². The molecule has 1 aliphatic rings. The molecular formula is C21H29N5OS. The lowest BCUT2D eigenvalue weighted by Crippen LogP contribution is -2.46. The number of hydrogen-bond donors (Lipinski definition) is 1. The van der Waals surface area contributed by atoms with E-state index in [0.717, 1.165) is 48.3 Å². The van der Waals surface area contributed by atoms with Gasteiger partial charge in [-0.2, -0.15) is 4.52 Å². The van der Waals surface area contributed by atoms with Gasteiger partial charge in [0.2, 0.25) is 10.8 Å². The van der Waals surface area contributed by atoms with E-state index in [1.54, 1.807) is 15.9 Å². The van der Waals surface area contributed by atoms with Crippen LogP contribution < -0.4 is 0 Å². The fraction of sp³-hybridized carbons (Fsp3) is 0.524. The summed E-state index contributed by atoms with van der Waals surface area (Å²) in [5.74, 6) is 1.50. The fourth-order valence-electron chi connectivity index (χ4n) is 3.79. The van der Waals surface area contributed by atoms with E-state index in [0.29, 0.717) is 5.92 Å². The molecule has 0 radical (unpaired) electrons. The highest BCUT2D eigenvalue weighted by atomic mass is 32.1. The van der Waals surface area contributed by atoms with Gasteiger partial charge in [-0.1, -0.05) is 56.4 Å². The van der Waals surface area contributed by atoms with Gasteiger partial charge in [-0.15, -0.1) is 5.10 Å². The second-order valence-corrected chi connectivity index (χ2v) is 8.94. The number of fused-ring (bicyclic) bond motifs is 1. The Bertz CT molecular complexity index is 938. The average molecular weight is 400 g/mol. The van der Waals surface area contributed by atoms with Crippen molar-refractivity contribution >= 4 is 16.3 Å². The Morgan fingerprint density at radius 3 is 2.29 bits per heavy atom. The molecule has 2 aromatic heterocycles. The first kappa shape index (κ1) is 19.4. The molecule has 7 heteroatoms. The van der Waals surface area contributed by atoms with Gasteiger partial charge >= 0.3 is 0 Å². The van der Waals surface area contributed by atoms with E-state index in [1.165, 1.54) is 11.1 Å². The number of thiazole rings is 1. The number of aryl methyl sites for hydroxylation is 1. The molecule has 1 atom stereocenters. The second-order valence-electron chi connectivity index (χ2n) is 7.93. The largest absolute Gasteiger partial charge is 0.492 e. The molecule has 28 heavy (non-hydrogen) atoms. The number of piperazine rings is 1. The minimum absolute atomic E-state index is 0.0217. The first-order valence-electron chi connectivity index (χ1n) is 10.1. The molecule has 1 saturated heterocycles. The molecule has 1 fully saturated rings. The van der Waals surface area contributed by atoms with Crippen LogP contribution in [0.2, 0.25) is 0 Å². The van der Waals surface area contributed by atoms with Gasteiger partial charge in [0.15, 0.2) is 5.82 Å². The van der Waals surface area contributed by atoms with Crippen LogP contribution in [0, 0.1) is 0 Å². The smallest absolute Gasteiger partial charge is 0.230 e. The lowest BCUT2D eigenvalue weighted by atomic mass is 9.97. The van der Waals surface area contributed by atoms with Gasteiger partial charge in [-0.25, -0.2) is 4.98 Å². The topological polar surface area (TPSA) is 56.9 Å². The quantitative estimate of drug-likeness (QED) is 0.711. The molecule has 3 heterocycles. The summed E-state index contributed by atoms with van der Waals surface area (Å²) in [6.07, 6.45) is 0.766. The standard InChI is InChI=1S/C21H29N5OS/c1-5-17-22-21-26(23-17)20(27)19(28-21)18(25-12-10-24(4)11-13-25)16-8-6-15(7-9-16)14(2)3/h6-9,14,18,27H,5,10-13H2,1-4H3/t18-/m1/s1. The van der Waals surface area contributed by atoms with Crippen LogP contribution in [-0.4, -0.2) is 62.7 Å². The zero-order chi connectivity index (χ0) is 19.8. The van der Waals surface area contributed by atoms with E-state index < -0.39 is 0 Å². The van der Waals surface area contributed by atoms with Crippen molar-refractivity contribution < 1.29 is 5.11 Å². The van der Waals surface area contributed by atoms with E-state index in [-0.39, 0.29) is 11.9 Å². The number of nitrogens with zero attached hydrogens (tertiary/aromatic N) is 5. The second kappa shape index (κ2) is 7.81. The van der Waals surface area contributed by atoms with Gasteiger partial charge in [-0.05, 0) is 24.1 Å². The van der Waals surface area contributed by atoms with Crippen LogP contribution in [0.1, 0.15) is 54.6 Å². The number of likely N-dealkylation sites (N-methyl/N-ethyl adjacent to an activating group) is 1. The Morgan fingerprint density at radius 2 is 1.71 bits per heavy atom. The van der Waals surface area contributed by atoms with Crippen molar-refractivity contribution in [2.45, 2.75) is 39.2 Å². The van der Waals surface area contributed by atoms with E-state index in [9.17, 15) is 5.11 Å². The van der Waals surface area contributed by atoms with E-state index in [4.69, 9.17) is 0 Å². The summed E-state index contributed by atoms with van der Waals surface area (Å²) in [4.78, 5) is 11.1. The third-order valence-corrected chi connectivity index (χ3v) is 6.70. The fourth-order valence-corrected chi connectivity index (χ4v) is 4.93. The number of rotatable bonds is 5. The molecular weight excluding hydrogens is 370 g/mol. The zero-order valence-electron chi connectivity index (χ0n) is 17.1. The summed E-state index contributed by atoms with van der Waals surface area (Å²) in [5, 5.41) is 15.5. The van der Waals surface area contributed by atoms with Gasteiger partial charge in [0.1, 0.15) is 0 Å². The Morgan fingerprint density at radius 1 is 1.07 bits per heavy atom. The van der Waals surface area contributed by atoms with Crippen LogP contribution in [0.5, 0.6) is 5.88 Å². The molecule has 1 aliphatic heterocycles. The number of aromatic hydroxyl groups is 1. The summed E-state index contributed by atoms with van der Waals surface area (Å²) in [7, 11) is 2.16. The maximum absolute atomic E-state index is 11.0. The maximum Gasteiger partial charge on any atom is 0.230 e. The molecule has 0 unspecified atom stereocenters. The predicted molar refractivity (Wildman–Crippen MR) is 113 cm³/mol. The Balaban J connectivity index is 1.76. The highest BCUT2D eigenvalue weighted by Crippen LogP contribution is 2.40. The molecule has 0 amide bonds. The van der Waals surface area contributed by atoms with Crippen LogP contribution in [-0.2, 0) is 6.42 Å². The molecule has 4 rings (SSSR count). The van der Waals surface area contributed by atoms with Crippen LogP contribution in [0.3, 0.4) is 0 Å². The minimum atomic E-state index is 0.0217. The SMILES string of the molecule is CCc1nc2sc([C@@H](c3ccc(C(C)C)cc3)N3CCN(C)CC3)c(O)n2n1. The van der Waals surface area contributed by atoms with Crippen LogP contribution in [0.25, 0.3) is 4.96 Å². The first-order chi connectivity index (χ1) is 13.5. The van der Waals surface area contributed by atoms with Gasteiger partial charge in [0.05, 0.1) is 10.9 Å². The van der Waals surface area contributed by atoms with Gasteiger partial charge < -0.3 is 10.0 Å². The van der Waals surface area contributed by atoms with Crippen molar-refractivity contribution in [3.8, 4) is 5.88 Å². The number of aromatic nitrogens is 3. The van der Waals surface area contributed by atoms with Gasteiger partial charge in [0.25, 0.3) is 0 Å². The highest BCUT2D eigenvalue weighted by Gasteiger charge is 2.31. The van der Waals surface area contributed by atoms with Crippen molar-refractivity contribution in [1.82, 2.24) is 24.4 Å². The first-order valence-corrected chi connectivity index (χ1v) is 10.9. The van der Waals surface area contributed by atoms with Crippen LogP contribution >= 0.6 is 11.3 Å². The Kier molecular flexibility index (Phi) is 5.40. The molecule has 6 nitrogen and oxygen atoms in total. The van der Waals surface area contributed by atoms with Crippen molar-refractivity contribution in [3.05, 3.63) is 46.1 Å². The van der Waals surface area contributed by atoms with Crippen molar-refractivity contribution in [3.63, 3.8) is 0 Å². The Labute approximate surface area is 170 Å². The normalized spacial score (nSPS) is 17.6. The highest BCUT2D eigenvalue weighted by molar-refractivity contribution is 7.17. The minimum Gasteiger partial charge on any atom is -0.492 e. The van der Waals surface area contributed by atoms with Crippen molar-refractivity contribution in [2.24, 2.45) is 0 Å². The molecule has 3 aromatic rings. The third kappa shape index (κ3) is 3.54. The lowest BCUT2D eigenvalue weighted by Gasteiger charge is -2.37. The summed E-state index contributed by atoms with van der Waals surface area (Å²) in [5.41, 5.74) is 2.55. The predicted octanol–water partition coefficient (Wildman–Crippen LogP) is 3.52. The molecule has 1 aromatic carbocycles. The lowest BCUT2D eigenvalue weighted by molar-refractivity contribution is 0.127. The molecule has 1 N–H and O–H groups in total. The summed E-state index contributed by atoms with van der Waals surface area (Å²) in [6, 6.07) is 8.88. The molecule has 0 spiro atoms. The summed E-state index contributed by atoms with van der Waals surface area (Å²) < 4.78 is 1.60.